The molecule has 1 N–H and O–H groups in total. The molecule has 0 radical (unpaired) electrons. The number of likely N-dealkylation sites (N-methyl/N-ethyl adjacent to an activating group) is 2. The topological polar surface area (TPSA) is 33.7 Å². The third-order valence-electron chi connectivity index (χ3n) is 3.90. The Labute approximate surface area is 122 Å². The van der Waals surface area contributed by atoms with Gasteiger partial charge in [-0.15, -0.1) is 0 Å². The van der Waals surface area contributed by atoms with E-state index in [9.17, 15) is 0 Å². The molecule has 1 saturated heterocycles. The van der Waals surface area contributed by atoms with E-state index in [0.29, 0.717) is 12.6 Å². The maximum absolute atomic E-state index is 5.97. The zero-order valence-corrected chi connectivity index (χ0v) is 12.8. The lowest BCUT2D eigenvalue weighted by Crippen LogP contribution is -2.48. The largest absolute Gasteiger partial charge is 0.380 e. The van der Waals surface area contributed by atoms with Gasteiger partial charge in [-0.2, -0.15) is 0 Å². The van der Waals surface area contributed by atoms with E-state index in [2.05, 4.69) is 41.4 Å². The second-order valence-electron chi connectivity index (χ2n) is 5.21. The lowest BCUT2D eigenvalue weighted by Gasteiger charge is -2.41. The minimum absolute atomic E-state index is 0.210. The Hall–Kier alpha value is -0.940. The molecule has 0 aliphatic carbocycles. The predicted octanol–water partition coefficient (Wildman–Crippen LogP) is 1.81. The van der Waals surface area contributed by atoms with Gasteiger partial charge in [0.25, 0.3) is 0 Å². The number of benzene rings is 1. The molecule has 112 valence electrons. The van der Waals surface area contributed by atoms with Crippen LogP contribution in [0.3, 0.4) is 0 Å². The van der Waals surface area contributed by atoms with Crippen LogP contribution in [-0.2, 0) is 16.1 Å². The van der Waals surface area contributed by atoms with Crippen molar-refractivity contribution >= 4 is 0 Å². The molecule has 2 rings (SSSR count). The van der Waals surface area contributed by atoms with Crippen LogP contribution in [0, 0.1) is 0 Å². The molecule has 2 atom stereocenters. The van der Waals surface area contributed by atoms with Gasteiger partial charge in [-0.05, 0) is 24.7 Å². The molecule has 0 aromatic heterocycles. The number of rotatable bonds is 6. The first-order valence-corrected chi connectivity index (χ1v) is 7.38. The molecule has 1 aliphatic heterocycles. The molecule has 4 nitrogen and oxygen atoms in total. The molecule has 1 fully saturated rings. The van der Waals surface area contributed by atoms with Gasteiger partial charge in [-0.3, -0.25) is 4.90 Å². The zero-order valence-electron chi connectivity index (χ0n) is 12.8. The van der Waals surface area contributed by atoms with Gasteiger partial charge in [0.1, 0.15) is 0 Å². The van der Waals surface area contributed by atoms with Crippen molar-refractivity contribution in [3.63, 3.8) is 0 Å². The van der Waals surface area contributed by atoms with E-state index in [1.807, 2.05) is 7.05 Å². The molecule has 1 aromatic rings. The van der Waals surface area contributed by atoms with Gasteiger partial charge >= 0.3 is 0 Å². The number of nitrogens with one attached hydrogen (secondary N) is 1. The first-order valence-electron chi connectivity index (χ1n) is 7.38. The number of hydrogen-bond donors (Lipinski definition) is 1. The Bertz CT molecular complexity index is 392. The lowest BCUT2D eigenvalue weighted by atomic mass is 9.97. The number of methoxy groups -OCH3 is 1. The Balaban J connectivity index is 2.19. The van der Waals surface area contributed by atoms with Gasteiger partial charge in [0.05, 0.1) is 25.4 Å². The van der Waals surface area contributed by atoms with E-state index >= 15 is 0 Å². The van der Waals surface area contributed by atoms with E-state index in [4.69, 9.17) is 9.47 Å². The van der Waals surface area contributed by atoms with Crippen LogP contribution < -0.4 is 5.32 Å². The summed E-state index contributed by atoms with van der Waals surface area (Å²) in [6, 6.07) is 9.05. The molecule has 4 heteroatoms. The molecule has 2 unspecified atom stereocenters. The fourth-order valence-corrected chi connectivity index (χ4v) is 2.92. The van der Waals surface area contributed by atoms with Crippen molar-refractivity contribution in [1.82, 2.24) is 10.2 Å². The van der Waals surface area contributed by atoms with Gasteiger partial charge in [-0.25, -0.2) is 0 Å². The second kappa shape index (κ2) is 7.74. The van der Waals surface area contributed by atoms with Crippen LogP contribution in [0.1, 0.15) is 24.1 Å². The normalized spacial score (nSPS) is 23.9. The third kappa shape index (κ3) is 3.58. The summed E-state index contributed by atoms with van der Waals surface area (Å²) < 4.78 is 11.1. The summed E-state index contributed by atoms with van der Waals surface area (Å²) in [5, 5.41) is 3.24. The molecular formula is C16H26N2O2. The summed E-state index contributed by atoms with van der Waals surface area (Å²) in [6.07, 6.45) is 0.210. The minimum atomic E-state index is 0.210. The maximum Gasteiger partial charge on any atom is 0.0896 e. The number of morpholine rings is 1. The Morgan fingerprint density at radius 2 is 2.10 bits per heavy atom. The fraction of sp³-hybridized carbons (Fsp3) is 0.625. The molecule has 20 heavy (non-hydrogen) atoms. The van der Waals surface area contributed by atoms with Crippen LogP contribution in [-0.4, -0.2) is 51.4 Å². The highest BCUT2D eigenvalue weighted by atomic mass is 16.5. The first kappa shape index (κ1) is 15.4. The van der Waals surface area contributed by atoms with Crippen molar-refractivity contribution < 1.29 is 9.47 Å². The lowest BCUT2D eigenvalue weighted by molar-refractivity contribution is -0.0686. The number of nitrogens with zero attached hydrogens (tertiary/aromatic N) is 1. The molecule has 0 saturated carbocycles. The standard InChI is InChI=1S/C16H26N2O2/c1-4-18-9-10-20-15(11-17-2)16(18)14-7-5-13(6-8-14)12-19-3/h5-8,15-17H,4,9-12H2,1-3H3. The SMILES string of the molecule is CCN1CCOC(CNC)C1c1ccc(COC)cc1. The van der Waals surface area contributed by atoms with Crippen LogP contribution in [0.2, 0.25) is 0 Å². The van der Waals surface area contributed by atoms with E-state index in [0.717, 1.165) is 26.2 Å². The number of ether oxygens (including phenoxy) is 2. The Kier molecular flexibility index (Phi) is 5.98. The van der Waals surface area contributed by atoms with Gasteiger partial charge in [0.15, 0.2) is 0 Å². The van der Waals surface area contributed by atoms with Gasteiger partial charge < -0.3 is 14.8 Å². The molecule has 0 spiro atoms. The maximum atomic E-state index is 5.97. The molecule has 1 aliphatic rings. The van der Waals surface area contributed by atoms with Gasteiger partial charge in [0.2, 0.25) is 0 Å². The summed E-state index contributed by atoms with van der Waals surface area (Å²) >= 11 is 0. The van der Waals surface area contributed by atoms with E-state index in [1.54, 1.807) is 7.11 Å². The quantitative estimate of drug-likeness (QED) is 0.860. The fourth-order valence-electron chi connectivity index (χ4n) is 2.92. The summed E-state index contributed by atoms with van der Waals surface area (Å²) in [5.74, 6) is 0. The summed E-state index contributed by atoms with van der Waals surface area (Å²) in [4.78, 5) is 2.50. The predicted molar refractivity (Wildman–Crippen MR) is 80.8 cm³/mol. The Morgan fingerprint density at radius 1 is 1.35 bits per heavy atom. The average molecular weight is 278 g/mol. The summed E-state index contributed by atoms with van der Waals surface area (Å²) in [5.41, 5.74) is 2.54. The highest BCUT2D eigenvalue weighted by molar-refractivity contribution is 5.26. The minimum Gasteiger partial charge on any atom is -0.380 e. The Morgan fingerprint density at radius 3 is 2.70 bits per heavy atom. The van der Waals surface area contributed by atoms with Crippen LogP contribution in [0.25, 0.3) is 0 Å². The molecular weight excluding hydrogens is 252 g/mol. The zero-order chi connectivity index (χ0) is 14.4. The molecule has 1 heterocycles. The van der Waals surface area contributed by atoms with E-state index in [1.165, 1.54) is 11.1 Å². The van der Waals surface area contributed by atoms with Crippen LogP contribution in [0.4, 0.5) is 0 Å². The first-order chi connectivity index (χ1) is 9.80. The van der Waals surface area contributed by atoms with Crippen LogP contribution >= 0.6 is 0 Å². The van der Waals surface area contributed by atoms with Crippen LogP contribution in [0.15, 0.2) is 24.3 Å². The van der Waals surface area contributed by atoms with Crippen molar-refractivity contribution in [2.45, 2.75) is 25.7 Å². The van der Waals surface area contributed by atoms with Crippen molar-refractivity contribution in [3.8, 4) is 0 Å². The van der Waals surface area contributed by atoms with E-state index in [-0.39, 0.29) is 6.10 Å². The second-order valence-corrected chi connectivity index (χ2v) is 5.21. The smallest absolute Gasteiger partial charge is 0.0896 e. The van der Waals surface area contributed by atoms with Crippen LogP contribution in [0.5, 0.6) is 0 Å². The van der Waals surface area contributed by atoms with Crippen molar-refractivity contribution in [1.29, 1.82) is 0 Å². The average Bonchev–Trinajstić information content (AvgIpc) is 2.49. The van der Waals surface area contributed by atoms with Gasteiger partial charge in [-0.1, -0.05) is 31.2 Å². The monoisotopic (exact) mass is 278 g/mol. The highest BCUT2D eigenvalue weighted by Crippen LogP contribution is 2.29. The number of hydrogen-bond acceptors (Lipinski definition) is 4. The van der Waals surface area contributed by atoms with Crippen molar-refractivity contribution in [3.05, 3.63) is 35.4 Å². The molecule has 0 amide bonds. The van der Waals surface area contributed by atoms with Gasteiger partial charge in [0, 0.05) is 20.2 Å². The molecule has 0 bridgehead atoms. The summed E-state index contributed by atoms with van der Waals surface area (Å²) in [6.45, 7) is 6.63. The summed E-state index contributed by atoms with van der Waals surface area (Å²) in [7, 11) is 3.71. The molecule has 1 aromatic carbocycles. The third-order valence-corrected chi connectivity index (χ3v) is 3.90. The van der Waals surface area contributed by atoms with Crippen molar-refractivity contribution in [2.75, 3.05) is 40.4 Å². The van der Waals surface area contributed by atoms with Crippen molar-refractivity contribution in [2.24, 2.45) is 0 Å². The highest BCUT2D eigenvalue weighted by Gasteiger charge is 2.32. The van der Waals surface area contributed by atoms with E-state index < -0.39 is 0 Å².